The molecule has 0 aliphatic carbocycles. The lowest BCUT2D eigenvalue weighted by Gasteiger charge is -2.34. The number of hydrogen-bond donors (Lipinski definition) is 0. The zero-order valence-electron chi connectivity index (χ0n) is 15.8. The number of sulfonamides is 1. The molecule has 2 aromatic rings. The topological polar surface area (TPSA) is 64.4 Å². The Morgan fingerprint density at radius 1 is 1.04 bits per heavy atom. The zero-order chi connectivity index (χ0) is 19.4. The van der Waals surface area contributed by atoms with Crippen LogP contribution in [0.1, 0.15) is 36.5 Å². The minimum atomic E-state index is -3.45. The summed E-state index contributed by atoms with van der Waals surface area (Å²) in [5, 5.41) is 9.01. The maximum absolute atomic E-state index is 12.9. The molecule has 1 heterocycles. The SMILES string of the molecule is CC(C)c1ccc(S(=O)(=O)N2CCN(Cc3cccc(C#N)c3)CC2)cc1. The predicted molar refractivity (Wildman–Crippen MR) is 106 cm³/mol. The average molecular weight is 384 g/mol. The standard InChI is InChI=1S/C21H25N3O2S/c1-17(2)20-6-8-21(9-7-20)27(25,26)24-12-10-23(11-13-24)16-19-5-3-4-18(14-19)15-22/h3-9,14,17H,10-13,16H2,1-2H3. The van der Waals surface area contributed by atoms with Crippen molar-refractivity contribution < 1.29 is 8.42 Å². The Kier molecular flexibility index (Phi) is 5.95. The average Bonchev–Trinajstić information content (AvgIpc) is 2.68. The molecule has 0 spiro atoms. The van der Waals surface area contributed by atoms with Crippen LogP contribution in [0.5, 0.6) is 0 Å². The Morgan fingerprint density at radius 2 is 1.70 bits per heavy atom. The van der Waals surface area contributed by atoms with Crippen LogP contribution in [-0.2, 0) is 16.6 Å². The summed E-state index contributed by atoms with van der Waals surface area (Å²) >= 11 is 0. The molecule has 0 bridgehead atoms. The fourth-order valence-electron chi connectivity index (χ4n) is 3.30. The highest BCUT2D eigenvalue weighted by Gasteiger charge is 2.28. The number of benzene rings is 2. The van der Waals surface area contributed by atoms with Crippen LogP contribution in [0.3, 0.4) is 0 Å². The molecule has 27 heavy (non-hydrogen) atoms. The lowest BCUT2D eigenvalue weighted by Crippen LogP contribution is -2.48. The molecule has 6 heteroatoms. The maximum Gasteiger partial charge on any atom is 0.243 e. The van der Waals surface area contributed by atoms with Crippen molar-refractivity contribution in [2.24, 2.45) is 0 Å². The third kappa shape index (κ3) is 4.56. The van der Waals surface area contributed by atoms with Crippen LogP contribution >= 0.6 is 0 Å². The van der Waals surface area contributed by atoms with Gasteiger partial charge < -0.3 is 0 Å². The molecule has 1 fully saturated rings. The van der Waals surface area contributed by atoms with Crippen molar-refractivity contribution >= 4 is 10.0 Å². The molecule has 0 N–H and O–H groups in total. The van der Waals surface area contributed by atoms with Gasteiger partial charge in [-0.15, -0.1) is 0 Å². The Labute approximate surface area is 161 Å². The quantitative estimate of drug-likeness (QED) is 0.795. The van der Waals surface area contributed by atoms with E-state index in [-0.39, 0.29) is 0 Å². The van der Waals surface area contributed by atoms with Gasteiger partial charge in [0.2, 0.25) is 10.0 Å². The summed E-state index contributed by atoms with van der Waals surface area (Å²) < 4.78 is 27.3. The number of nitrogens with zero attached hydrogens (tertiary/aromatic N) is 3. The molecule has 0 unspecified atom stereocenters. The van der Waals surface area contributed by atoms with E-state index in [1.165, 1.54) is 0 Å². The monoisotopic (exact) mass is 383 g/mol. The van der Waals surface area contributed by atoms with E-state index in [4.69, 9.17) is 5.26 Å². The van der Waals surface area contributed by atoms with Gasteiger partial charge in [0.1, 0.15) is 0 Å². The molecule has 1 saturated heterocycles. The second-order valence-corrected chi connectivity index (χ2v) is 9.15. The maximum atomic E-state index is 12.9. The second kappa shape index (κ2) is 8.22. The van der Waals surface area contributed by atoms with Gasteiger partial charge in [-0.1, -0.05) is 38.1 Å². The zero-order valence-corrected chi connectivity index (χ0v) is 16.6. The van der Waals surface area contributed by atoms with Crippen molar-refractivity contribution in [1.82, 2.24) is 9.21 Å². The minimum Gasteiger partial charge on any atom is -0.296 e. The molecule has 0 radical (unpaired) electrons. The van der Waals surface area contributed by atoms with Gasteiger partial charge >= 0.3 is 0 Å². The minimum absolute atomic E-state index is 0.363. The van der Waals surface area contributed by atoms with Crippen LogP contribution in [0.4, 0.5) is 0 Å². The highest BCUT2D eigenvalue weighted by atomic mass is 32.2. The van der Waals surface area contributed by atoms with E-state index in [1.54, 1.807) is 22.5 Å². The number of hydrogen-bond acceptors (Lipinski definition) is 4. The smallest absolute Gasteiger partial charge is 0.243 e. The highest BCUT2D eigenvalue weighted by molar-refractivity contribution is 7.89. The first-order valence-corrected chi connectivity index (χ1v) is 10.7. The Bertz CT molecular complexity index is 923. The van der Waals surface area contributed by atoms with Crippen molar-refractivity contribution in [3.63, 3.8) is 0 Å². The molecule has 142 valence electrons. The summed E-state index contributed by atoms with van der Waals surface area (Å²) in [5.74, 6) is 0.379. The van der Waals surface area contributed by atoms with Gasteiger partial charge in [-0.25, -0.2) is 8.42 Å². The van der Waals surface area contributed by atoms with Gasteiger partial charge in [0.25, 0.3) is 0 Å². The van der Waals surface area contributed by atoms with E-state index in [1.807, 2.05) is 30.3 Å². The van der Waals surface area contributed by atoms with Crippen LogP contribution in [0.25, 0.3) is 0 Å². The molecule has 0 saturated carbocycles. The summed E-state index contributed by atoms with van der Waals surface area (Å²) in [6, 6.07) is 16.9. The van der Waals surface area contributed by atoms with Crippen molar-refractivity contribution in [3.8, 4) is 6.07 Å². The van der Waals surface area contributed by atoms with Crippen molar-refractivity contribution in [1.29, 1.82) is 5.26 Å². The van der Waals surface area contributed by atoms with Gasteiger partial charge in [0, 0.05) is 32.7 Å². The third-order valence-electron chi connectivity index (χ3n) is 4.98. The van der Waals surface area contributed by atoms with Gasteiger partial charge in [0.05, 0.1) is 16.5 Å². The molecule has 1 aliphatic rings. The molecular weight excluding hydrogens is 358 g/mol. The normalized spacial score (nSPS) is 16.4. The summed E-state index contributed by atoms with van der Waals surface area (Å²) in [4.78, 5) is 2.59. The Morgan fingerprint density at radius 3 is 2.30 bits per heavy atom. The summed E-state index contributed by atoms with van der Waals surface area (Å²) in [6.45, 7) is 7.23. The number of rotatable bonds is 5. The van der Waals surface area contributed by atoms with Crippen LogP contribution < -0.4 is 0 Å². The molecule has 0 atom stereocenters. The van der Waals surface area contributed by atoms with Crippen LogP contribution in [0.2, 0.25) is 0 Å². The van der Waals surface area contributed by atoms with Crippen molar-refractivity contribution in [3.05, 3.63) is 65.2 Å². The van der Waals surface area contributed by atoms with E-state index in [2.05, 4.69) is 24.8 Å². The first-order valence-electron chi connectivity index (χ1n) is 9.21. The molecule has 1 aliphatic heterocycles. The molecule has 0 amide bonds. The lowest BCUT2D eigenvalue weighted by molar-refractivity contribution is 0.181. The summed E-state index contributed by atoms with van der Waals surface area (Å²) in [5.41, 5.74) is 2.87. The van der Waals surface area contributed by atoms with E-state index in [0.717, 1.165) is 17.7 Å². The van der Waals surface area contributed by atoms with Gasteiger partial charge in [-0.3, -0.25) is 4.90 Å². The second-order valence-electron chi connectivity index (χ2n) is 7.22. The fraction of sp³-hybridized carbons (Fsp3) is 0.381. The number of piperazine rings is 1. The van der Waals surface area contributed by atoms with Crippen molar-refractivity contribution in [2.75, 3.05) is 26.2 Å². The fourth-order valence-corrected chi connectivity index (χ4v) is 4.72. The first kappa shape index (κ1) is 19.6. The van der Waals surface area contributed by atoms with E-state index in [0.29, 0.717) is 42.6 Å². The Balaban J connectivity index is 1.63. The van der Waals surface area contributed by atoms with E-state index < -0.39 is 10.0 Å². The van der Waals surface area contributed by atoms with E-state index >= 15 is 0 Å². The first-order chi connectivity index (χ1) is 12.9. The number of nitriles is 1. The molecule has 2 aromatic carbocycles. The lowest BCUT2D eigenvalue weighted by atomic mass is 10.0. The van der Waals surface area contributed by atoms with Crippen LogP contribution in [0.15, 0.2) is 53.4 Å². The van der Waals surface area contributed by atoms with Gasteiger partial charge in [-0.05, 0) is 41.3 Å². The van der Waals surface area contributed by atoms with Crippen molar-refractivity contribution in [2.45, 2.75) is 31.2 Å². The van der Waals surface area contributed by atoms with Crippen LogP contribution in [0, 0.1) is 11.3 Å². The Hall–Kier alpha value is -2.20. The largest absolute Gasteiger partial charge is 0.296 e. The van der Waals surface area contributed by atoms with Crippen LogP contribution in [-0.4, -0.2) is 43.8 Å². The third-order valence-corrected chi connectivity index (χ3v) is 6.89. The molecule has 0 aromatic heterocycles. The predicted octanol–water partition coefficient (Wildman–Crippen LogP) is 3.19. The molecule has 5 nitrogen and oxygen atoms in total. The molecule has 3 rings (SSSR count). The summed E-state index contributed by atoms with van der Waals surface area (Å²) in [7, 11) is -3.45. The van der Waals surface area contributed by atoms with E-state index in [9.17, 15) is 8.42 Å². The van der Waals surface area contributed by atoms with Gasteiger partial charge in [-0.2, -0.15) is 9.57 Å². The van der Waals surface area contributed by atoms with Gasteiger partial charge in [0.15, 0.2) is 0 Å². The molecular formula is C21H25N3O2S. The highest BCUT2D eigenvalue weighted by Crippen LogP contribution is 2.21. The summed E-state index contributed by atoms with van der Waals surface area (Å²) in [6.07, 6.45) is 0.